The topological polar surface area (TPSA) is 45.5 Å². The molecule has 0 fully saturated rings. The number of imidazole rings is 1. The van der Waals surface area contributed by atoms with Crippen LogP contribution in [0.3, 0.4) is 0 Å². The smallest absolute Gasteiger partial charge is 0.193 e. The van der Waals surface area contributed by atoms with Crippen LogP contribution in [0.4, 0.5) is 0 Å². The fraction of sp³-hybridized carbons (Fsp3) is 0.647. The van der Waals surface area contributed by atoms with Gasteiger partial charge in [-0.05, 0) is 39.5 Å². The van der Waals surface area contributed by atoms with Crippen LogP contribution in [0.2, 0.25) is 0 Å². The second kappa shape index (κ2) is 13.4. The first-order valence-corrected chi connectivity index (χ1v) is 8.27. The Kier molecular flexibility index (Phi) is 12.8. The molecule has 1 rings (SSSR count). The molecule has 23 heavy (non-hydrogen) atoms. The van der Waals surface area contributed by atoms with Gasteiger partial charge in [-0.1, -0.05) is 6.08 Å². The molecule has 1 heterocycles. The van der Waals surface area contributed by atoms with Crippen molar-refractivity contribution < 1.29 is 0 Å². The molecular weight excluding hydrogens is 401 g/mol. The number of halogens is 1. The zero-order valence-corrected chi connectivity index (χ0v) is 17.1. The lowest BCUT2D eigenvalue weighted by Crippen LogP contribution is -2.39. The Bertz CT molecular complexity index is 456. The first kappa shape index (κ1) is 21.9. The standard InChI is InChI=1S/C17H31N5.HI/c1-5-7-9-13-21(4)17(18-6-2)20-11-8-10-14-22-15-12-19-16(22)3;/h5,12,15H,1,6-11,13-14H2,2-4H3,(H,18,20);1H. The van der Waals surface area contributed by atoms with Crippen molar-refractivity contribution >= 4 is 29.9 Å². The number of aromatic nitrogens is 2. The number of allylic oxidation sites excluding steroid dienone is 1. The maximum absolute atomic E-state index is 4.71. The summed E-state index contributed by atoms with van der Waals surface area (Å²) in [4.78, 5) is 11.2. The van der Waals surface area contributed by atoms with E-state index < -0.39 is 0 Å². The third kappa shape index (κ3) is 8.98. The fourth-order valence-electron chi connectivity index (χ4n) is 2.27. The van der Waals surface area contributed by atoms with E-state index in [1.807, 2.05) is 25.4 Å². The van der Waals surface area contributed by atoms with Gasteiger partial charge in [-0.15, -0.1) is 30.6 Å². The van der Waals surface area contributed by atoms with Gasteiger partial charge in [0, 0.05) is 45.6 Å². The molecule has 0 spiro atoms. The van der Waals surface area contributed by atoms with Crippen LogP contribution in [0.15, 0.2) is 30.0 Å². The molecule has 1 N–H and O–H groups in total. The number of aryl methyl sites for hydroxylation is 2. The molecule has 6 heteroatoms. The van der Waals surface area contributed by atoms with E-state index in [0.29, 0.717) is 0 Å². The van der Waals surface area contributed by atoms with Crippen molar-refractivity contribution in [3.8, 4) is 0 Å². The lowest BCUT2D eigenvalue weighted by molar-refractivity contribution is 0.469. The van der Waals surface area contributed by atoms with Crippen LogP contribution in [0, 0.1) is 6.92 Å². The molecule has 0 aromatic carbocycles. The van der Waals surface area contributed by atoms with Crippen molar-refractivity contribution in [2.45, 2.75) is 46.1 Å². The summed E-state index contributed by atoms with van der Waals surface area (Å²) in [5.74, 6) is 2.09. The molecule has 0 saturated heterocycles. The molecule has 5 nitrogen and oxygen atoms in total. The summed E-state index contributed by atoms with van der Waals surface area (Å²) >= 11 is 0. The van der Waals surface area contributed by atoms with Crippen molar-refractivity contribution in [2.75, 3.05) is 26.7 Å². The van der Waals surface area contributed by atoms with E-state index in [1.165, 1.54) is 0 Å². The van der Waals surface area contributed by atoms with Gasteiger partial charge in [-0.3, -0.25) is 4.99 Å². The van der Waals surface area contributed by atoms with E-state index in [-0.39, 0.29) is 24.0 Å². The minimum Gasteiger partial charge on any atom is -0.357 e. The molecule has 0 aliphatic heterocycles. The molecule has 0 unspecified atom stereocenters. The lowest BCUT2D eigenvalue weighted by Gasteiger charge is -2.21. The van der Waals surface area contributed by atoms with Crippen molar-refractivity contribution in [1.29, 1.82) is 0 Å². The molecule has 0 bridgehead atoms. The summed E-state index contributed by atoms with van der Waals surface area (Å²) in [7, 11) is 2.10. The van der Waals surface area contributed by atoms with Gasteiger partial charge >= 0.3 is 0 Å². The van der Waals surface area contributed by atoms with E-state index in [1.54, 1.807) is 0 Å². The second-order valence-electron chi connectivity index (χ2n) is 5.46. The number of nitrogens with one attached hydrogen (secondary N) is 1. The van der Waals surface area contributed by atoms with E-state index in [0.717, 1.165) is 63.6 Å². The van der Waals surface area contributed by atoms with Crippen molar-refractivity contribution in [2.24, 2.45) is 4.99 Å². The second-order valence-corrected chi connectivity index (χ2v) is 5.46. The molecule has 0 aliphatic rings. The largest absolute Gasteiger partial charge is 0.357 e. The van der Waals surface area contributed by atoms with Crippen LogP contribution in [-0.2, 0) is 6.54 Å². The van der Waals surface area contributed by atoms with E-state index in [9.17, 15) is 0 Å². The first-order chi connectivity index (χ1) is 10.7. The van der Waals surface area contributed by atoms with Crippen LogP contribution in [0.25, 0.3) is 0 Å². The molecular formula is C17H32IN5. The molecule has 0 atom stereocenters. The number of hydrogen-bond acceptors (Lipinski definition) is 2. The average Bonchev–Trinajstić information content (AvgIpc) is 2.91. The molecule has 0 amide bonds. The zero-order valence-electron chi connectivity index (χ0n) is 14.8. The zero-order chi connectivity index (χ0) is 16.2. The molecule has 1 aromatic heterocycles. The van der Waals surface area contributed by atoms with Crippen LogP contribution in [0.5, 0.6) is 0 Å². The summed E-state index contributed by atoms with van der Waals surface area (Å²) in [5.41, 5.74) is 0. The number of hydrogen-bond donors (Lipinski definition) is 1. The van der Waals surface area contributed by atoms with E-state index in [2.05, 4.69) is 40.3 Å². The Morgan fingerprint density at radius 2 is 2.22 bits per heavy atom. The van der Waals surface area contributed by atoms with Gasteiger partial charge in [0.1, 0.15) is 5.82 Å². The number of unbranched alkanes of at least 4 members (excludes halogenated alkanes) is 2. The van der Waals surface area contributed by atoms with Crippen LogP contribution < -0.4 is 5.32 Å². The van der Waals surface area contributed by atoms with E-state index >= 15 is 0 Å². The van der Waals surface area contributed by atoms with Gasteiger partial charge in [-0.2, -0.15) is 0 Å². The summed E-state index contributed by atoms with van der Waals surface area (Å²) in [6.07, 6.45) is 10.2. The highest BCUT2D eigenvalue weighted by Gasteiger charge is 2.04. The normalized spacial score (nSPS) is 11.0. The molecule has 0 saturated carbocycles. The number of aliphatic imine (C=N–C) groups is 1. The Morgan fingerprint density at radius 1 is 1.43 bits per heavy atom. The number of nitrogens with zero attached hydrogens (tertiary/aromatic N) is 4. The number of guanidine groups is 1. The minimum atomic E-state index is 0. The van der Waals surface area contributed by atoms with Crippen LogP contribution in [0.1, 0.15) is 38.4 Å². The van der Waals surface area contributed by atoms with Gasteiger partial charge in [0.25, 0.3) is 0 Å². The molecule has 0 radical (unpaired) electrons. The van der Waals surface area contributed by atoms with E-state index in [4.69, 9.17) is 4.99 Å². The maximum Gasteiger partial charge on any atom is 0.193 e. The third-order valence-electron chi connectivity index (χ3n) is 3.59. The lowest BCUT2D eigenvalue weighted by atomic mass is 10.3. The third-order valence-corrected chi connectivity index (χ3v) is 3.59. The van der Waals surface area contributed by atoms with Crippen LogP contribution in [-0.4, -0.2) is 47.1 Å². The van der Waals surface area contributed by atoms with Crippen LogP contribution >= 0.6 is 24.0 Å². The van der Waals surface area contributed by atoms with Crippen molar-refractivity contribution in [1.82, 2.24) is 19.8 Å². The Labute approximate surface area is 158 Å². The molecule has 0 aliphatic carbocycles. The highest BCUT2D eigenvalue weighted by Crippen LogP contribution is 2.01. The summed E-state index contributed by atoms with van der Waals surface area (Å²) < 4.78 is 2.19. The monoisotopic (exact) mass is 433 g/mol. The summed E-state index contributed by atoms with van der Waals surface area (Å²) in [6.45, 7) is 11.7. The highest BCUT2D eigenvalue weighted by atomic mass is 127. The van der Waals surface area contributed by atoms with Gasteiger partial charge < -0.3 is 14.8 Å². The Morgan fingerprint density at radius 3 is 2.83 bits per heavy atom. The predicted molar refractivity (Wildman–Crippen MR) is 110 cm³/mol. The van der Waals surface area contributed by atoms with Gasteiger partial charge in [0.2, 0.25) is 0 Å². The maximum atomic E-state index is 4.71. The van der Waals surface area contributed by atoms with Gasteiger partial charge in [0.15, 0.2) is 5.96 Å². The summed E-state index contributed by atoms with van der Waals surface area (Å²) in [5, 5.41) is 3.36. The fourth-order valence-corrected chi connectivity index (χ4v) is 2.27. The van der Waals surface area contributed by atoms with Crippen molar-refractivity contribution in [3.63, 3.8) is 0 Å². The van der Waals surface area contributed by atoms with Gasteiger partial charge in [-0.25, -0.2) is 4.98 Å². The minimum absolute atomic E-state index is 0. The SMILES string of the molecule is C=CCCCN(C)C(=NCCCCn1ccnc1C)NCC.I. The number of rotatable bonds is 10. The summed E-state index contributed by atoms with van der Waals surface area (Å²) in [6, 6.07) is 0. The Hall–Kier alpha value is -1.05. The molecule has 1 aromatic rings. The Balaban J connectivity index is 0.00000484. The predicted octanol–water partition coefficient (Wildman–Crippen LogP) is 3.45. The quantitative estimate of drug-likeness (QED) is 0.202. The first-order valence-electron chi connectivity index (χ1n) is 8.27. The highest BCUT2D eigenvalue weighted by molar-refractivity contribution is 14.0. The molecule has 132 valence electrons. The van der Waals surface area contributed by atoms with Gasteiger partial charge in [0.05, 0.1) is 0 Å². The van der Waals surface area contributed by atoms with Crippen molar-refractivity contribution in [3.05, 3.63) is 30.9 Å². The average molecular weight is 433 g/mol.